The summed E-state index contributed by atoms with van der Waals surface area (Å²) in [6, 6.07) is 10.9. The van der Waals surface area contributed by atoms with E-state index in [0.717, 1.165) is 24.9 Å². The van der Waals surface area contributed by atoms with E-state index >= 15 is 0 Å². The molecule has 1 aromatic carbocycles. The molecule has 19 heavy (non-hydrogen) atoms. The highest BCUT2D eigenvalue weighted by atomic mass is 15.0. The summed E-state index contributed by atoms with van der Waals surface area (Å²) >= 11 is 0. The molecule has 1 aromatic heterocycles. The minimum atomic E-state index is 0.317. The third-order valence-corrected chi connectivity index (χ3v) is 3.06. The highest BCUT2D eigenvalue weighted by molar-refractivity contribution is 5.20. The highest BCUT2D eigenvalue weighted by Crippen LogP contribution is 2.18. The summed E-state index contributed by atoms with van der Waals surface area (Å²) in [6.45, 7) is 2.95. The first-order valence-electron chi connectivity index (χ1n) is 6.64. The highest BCUT2D eigenvalue weighted by Gasteiger charge is 2.09. The Morgan fingerprint density at radius 1 is 1.16 bits per heavy atom. The maximum absolute atomic E-state index is 5.48. The van der Waals surface area contributed by atoms with Gasteiger partial charge in [-0.25, -0.2) is 9.97 Å². The Balaban J connectivity index is 1.99. The summed E-state index contributed by atoms with van der Waals surface area (Å²) in [7, 11) is 0. The Labute approximate surface area is 114 Å². The van der Waals surface area contributed by atoms with E-state index in [9.17, 15) is 0 Å². The first-order valence-corrected chi connectivity index (χ1v) is 6.64. The number of aromatic nitrogens is 2. The Morgan fingerprint density at radius 3 is 2.47 bits per heavy atom. The normalized spacial score (nSPS) is 12.3. The molecule has 3 N–H and O–H groups in total. The van der Waals surface area contributed by atoms with E-state index in [-0.39, 0.29) is 0 Å². The van der Waals surface area contributed by atoms with Crippen LogP contribution in [0.5, 0.6) is 0 Å². The van der Waals surface area contributed by atoms with Crippen LogP contribution in [0.1, 0.15) is 36.9 Å². The molecular weight excluding hydrogens is 236 g/mol. The van der Waals surface area contributed by atoms with Crippen LogP contribution < -0.4 is 11.1 Å². The molecule has 2 aromatic rings. The van der Waals surface area contributed by atoms with Crippen LogP contribution >= 0.6 is 0 Å². The topological polar surface area (TPSA) is 63.8 Å². The maximum atomic E-state index is 5.48. The van der Waals surface area contributed by atoms with Crippen LogP contribution in [0.2, 0.25) is 0 Å². The van der Waals surface area contributed by atoms with Crippen molar-refractivity contribution in [1.29, 1.82) is 0 Å². The third-order valence-electron chi connectivity index (χ3n) is 3.06. The van der Waals surface area contributed by atoms with Crippen molar-refractivity contribution in [3.05, 3.63) is 53.9 Å². The summed E-state index contributed by atoms with van der Waals surface area (Å²) in [5, 5.41) is 3.55. The maximum Gasteiger partial charge on any atom is 0.219 e. The lowest BCUT2D eigenvalue weighted by Gasteiger charge is -2.18. The van der Waals surface area contributed by atoms with Gasteiger partial charge in [-0.15, -0.1) is 0 Å². The lowest BCUT2D eigenvalue weighted by molar-refractivity contribution is 0.492. The Morgan fingerprint density at radius 2 is 1.84 bits per heavy atom. The minimum absolute atomic E-state index is 0.317. The molecule has 4 heteroatoms. The lowest BCUT2D eigenvalue weighted by Crippen LogP contribution is -2.21. The van der Waals surface area contributed by atoms with Gasteiger partial charge in [-0.3, -0.25) is 0 Å². The predicted molar refractivity (Wildman–Crippen MR) is 77.4 cm³/mol. The van der Waals surface area contributed by atoms with Gasteiger partial charge in [0.25, 0.3) is 0 Å². The summed E-state index contributed by atoms with van der Waals surface area (Å²) in [6.07, 6.45) is 5.79. The van der Waals surface area contributed by atoms with E-state index in [1.807, 2.05) is 6.07 Å². The van der Waals surface area contributed by atoms with Gasteiger partial charge in [0, 0.05) is 30.5 Å². The van der Waals surface area contributed by atoms with Crippen molar-refractivity contribution in [1.82, 2.24) is 15.3 Å². The van der Waals surface area contributed by atoms with E-state index in [1.165, 1.54) is 5.56 Å². The number of nitrogen functional groups attached to an aromatic ring is 1. The molecule has 0 aliphatic carbocycles. The molecule has 0 spiro atoms. The Hall–Kier alpha value is -1.94. The molecule has 4 nitrogen and oxygen atoms in total. The minimum Gasteiger partial charge on any atom is -0.368 e. The molecule has 0 aliphatic rings. The van der Waals surface area contributed by atoms with Crippen LogP contribution in [0, 0.1) is 0 Å². The van der Waals surface area contributed by atoms with Gasteiger partial charge in [0.05, 0.1) is 0 Å². The zero-order chi connectivity index (χ0) is 13.5. The van der Waals surface area contributed by atoms with E-state index in [1.54, 1.807) is 12.4 Å². The van der Waals surface area contributed by atoms with Crippen molar-refractivity contribution < 1.29 is 0 Å². The first-order chi connectivity index (χ1) is 9.29. The van der Waals surface area contributed by atoms with Crippen LogP contribution in [-0.2, 0) is 6.54 Å². The summed E-state index contributed by atoms with van der Waals surface area (Å²) < 4.78 is 0. The second-order valence-corrected chi connectivity index (χ2v) is 4.58. The SMILES string of the molecule is CCC[C@@H](NCc1cnc(N)nc1)c1ccccc1. The zero-order valence-electron chi connectivity index (χ0n) is 11.2. The molecule has 1 atom stereocenters. The summed E-state index contributed by atoms with van der Waals surface area (Å²) in [5.74, 6) is 0.317. The van der Waals surface area contributed by atoms with Gasteiger partial charge >= 0.3 is 0 Å². The van der Waals surface area contributed by atoms with Gasteiger partial charge in [-0.2, -0.15) is 0 Å². The molecule has 0 saturated carbocycles. The van der Waals surface area contributed by atoms with E-state index in [2.05, 4.69) is 46.5 Å². The van der Waals surface area contributed by atoms with Crippen molar-refractivity contribution in [2.75, 3.05) is 5.73 Å². The first kappa shape index (κ1) is 13.5. The van der Waals surface area contributed by atoms with Crippen LogP contribution in [0.4, 0.5) is 5.95 Å². The van der Waals surface area contributed by atoms with Crippen molar-refractivity contribution in [3.63, 3.8) is 0 Å². The van der Waals surface area contributed by atoms with Crippen LogP contribution in [0.3, 0.4) is 0 Å². The van der Waals surface area contributed by atoms with Gasteiger partial charge in [0.1, 0.15) is 0 Å². The third kappa shape index (κ3) is 4.03. The predicted octanol–water partition coefficient (Wildman–Crippen LogP) is 2.69. The molecule has 0 unspecified atom stereocenters. The lowest BCUT2D eigenvalue weighted by atomic mass is 10.0. The fourth-order valence-corrected chi connectivity index (χ4v) is 2.06. The molecule has 0 radical (unpaired) electrons. The summed E-state index contributed by atoms with van der Waals surface area (Å²) in [4.78, 5) is 8.00. The smallest absolute Gasteiger partial charge is 0.219 e. The Bertz CT molecular complexity index is 481. The van der Waals surface area contributed by atoms with Gasteiger partial charge in [-0.05, 0) is 12.0 Å². The molecule has 0 fully saturated rings. The van der Waals surface area contributed by atoms with Crippen LogP contribution in [0.15, 0.2) is 42.7 Å². The van der Waals surface area contributed by atoms with E-state index in [4.69, 9.17) is 5.73 Å². The monoisotopic (exact) mass is 256 g/mol. The van der Waals surface area contributed by atoms with Gasteiger partial charge in [0.2, 0.25) is 5.95 Å². The van der Waals surface area contributed by atoms with Crippen molar-refractivity contribution in [3.8, 4) is 0 Å². The van der Waals surface area contributed by atoms with Gasteiger partial charge in [-0.1, -0.05) is 43.7 Å². The molecule has 0 aliphatic heterocycles. The standard InChI is InChI=1S/C15H20N4/c1-2-6-14(13-7-4-3-5-8-13)17-9-12-10-18-15(16)19-11-12/h3-5,7-8,10-11,14,17H,2,6,9H2,1H3,(H2,16,18,19)/t14-/m1/s1. The number of rotatable bonds is 6. The summed E-state index contributed by atoms with van der Waals surface area (Å²) in [5.41, 5.74) is 7.85. The number of benzene rings is 1. The molecule has 2 rings (SSSR count). The second kappa shape index (κ2) is 6.85. The van der Waals surface area contributed by atoms with Gasteiger partial charge < -0.3 is 11.1 Å². The number of nitrogens with one attached hydrogen (secondary N) is 1. The molecule has 100 valence electrons. The van der Waals surface area contributed by atoms with E-state index in [0.29, 0.717) is 12.0 Å². The van der Waals surface area contributed by atoms with Crippen molar-refractivity contribution in [2.24, 2.45) is 0 Å². The second-order valence-electron chi connectivity index (χ2n) is 4.58. The van der Waals surface area contributed by atoms with Gasteiger partial charge in [0.15, 0.2) is 0 Å². The number of hydrogen-bond acceptors (Lipinski definition) is 4. The molecule has 0 bridgehead atoms. The Kier molecular flexibility index (Phi) is 4.86. The number of nitrogens with zero attached hydrogens (tertiary/aromatic N) is 2. The molecule has 0 saturated heterocycles. The van der Waals surface area contributed by atoms with Crippen molar-refractivity contribution >= 4 is 5.95 Å². The largest absolute Gasteiger partial charge is 0.368 e. The molecule has 1 heterocycles. The average Bonchev–Trinajstić information content (AvgIpc) is 2.46. The number of nitrogens with two attached hydrogens (primary N) is 1. The quantitative estimate of drug-likeness (QED) is 0.834. The number of hydrogen-bond donors (Lipinski definition) is 2. The van der Waals surface area contributed by atoms with Crippen molar-refractivity contribution in [2.45, 2.75) is 32.4 Å². The fourth-order valence-electron chi connectivity index (χ4n) is 2.06. The van der Waals surface area contributed by atoms with Crippen LogP contribution in [0.25, 0.3) is 0 Å². The molecular formula is C15H20N4. The van der Waals surface area contributed by atoms with Crippen LogP contribution in [-0.4, -0.2) is 9.97 Å². The zero-order valence-corrected chi connectivity index (χ0v) is 11.2. The molecule has 0 amide bonds. The number of anilines is 1. The van der Waals surface area contributed by atoms with E-state index < -0.39 is 0 Å². The fraction of sp³-hybridized carbons (Fsp3) is 0.333. The average molecular weight is 256 g/mol.